The molecular formula is C16H15NO5S. The third kappa shape index (κ3) is 3.88. The highest BCUT2D eigenvalue weighted by Gasteiger charge is 2.17. The predicted molar refractivity (Wildman–Crippen MR) is 85.5 cm³/mol. The predicted octanol–water partition coefficient (Wildman–Crippen LogP) is 2.87. The van der Waals surface area contributed by atoms with Gasteiger partial charge in [-0.25, -0.2) is 4.79 Å². The molecule has 0 saturated carbocycles. The van der Waals surface area contributed by atoms with Crippen LogP contribution >= 0.6 is 11.3 Å². The number of carbonyl (C=O) groups is 2. The highest BCUT2D eigenvalue weighted by atomic mass is 32.1. The van der Waals surface area contributed by atoms with Crippen molar-refractivity contribution < 1.29 is 24.2 Å². The molecule has 2 heterocycles. The van der Waals surface area contributed by atoms with Crippen LogP contribution in [0.2, 0.25) is 0 Å². The van der Waals surface area contributed by atoms with Crippen molar-refractivity contribution >= 4 is 28.9 Å². The maximum Gasteiger partial charge on any atom is 0.345 e. The summed E-state index contributed by atoms with van der Waals surface area (Å²) >= 11 is 0.943. The van der Waals surface area contributed by atoms with E-state index in [-0.39, 0.29) is 16.9 Å². The number of ether oxygens (including phenoxy) is 2. The van der Waals surface area contributed by atoms with Gasteiger partial charge in [-0.1, -0.05) is 0 Å². The Hall–Kier alpha value is -2.38. The van der Waals surface area contributed by atoms with Gasteiger partial charge >= 0.3 is 5.97 Å². The summed E-state index contributed by atoms with van der Waals surface area (Å²) < 4.78 is 11.0. The Morgan fingerprint density at radius 2 is 1.91 bits per heavy atom. The lowest BCUT2D eigenvalue weighted by Gasteiger charge is -2.12. The van der Waals surface area contributed by atoms with E-state index in [2.05, 4.69) is 5.32 Å². The van der Waals surface area contributed by atoms with E-state index >= 15 is 0 Å². The van der Waals surface area contributed by atoms with E-state index in [1.54, 1.807) is 24.3 Å². The molecule has 0 radical (unpaired) electrons. The van der Waals surface area contributed by atoms with Crippen molar-refractivity contribution in [1.29, 1.82) is 0 Å². The van der Waals surface area contributed by atoms with Gasteiger partial charge in [-0.2, -0.15) is 0 Å². The minimum atomic E-state index is -1.04. The molecule has 1 aromatic heterocycles. The van der Waals surface area contributed by atoms with E-state index in [0.29, 0.717) is 17.2 Å². The normalized spacial score (nSPS) is 17.0. The van der Waals surface area contributed by atoms with Gasteiger partial charge in [0.1, 0.15) is 16.7 Å². The molecule has 6 nitrogen and oxygen atoms in total. The van der Waals surface area contributed by atoms with Crippen molar-refractivity contribution in [2.24, 2.45) is 0 Å². The first kappa shape index (κ1) is 15.5. The summed E-state index contributed by atoms with van der Waals surface area (Å²) in [5.74, 6) is -0.644. The Labute approximate surface area is 136 Å². The number of hydrogen-bond donors (Lipinski definition) is 2. The van der Waals surface area contributed by atoms with Crippen molar-refractivity contribution in [2.75, 3.05) is 18.5 Å². The highest BCUT2D eigenvalue weighted by molar-refractivity contribution is 7.15. The van der Waals surface area contributed by atoms with E-state index in [4.69, 9.17) is 14.6 Å². The summed E-state index contributed by atoms with van der Waals surface area (Å²) in [5, 5.41) is 11.6. The van der Waals surface area contributed by atoms with E-state index in [1.807, 2.05) is 0 Å². The molecule has 1 aliphatic heterocycles. The summed E-state index contributed by atoms with van der Waals surface area (Å²) in [6.07, 6.45) is 0.957. The van der Waals surface area contributed by atoms with E-state index in [9.17, 15) is 9.59 Å². The molecule has 1 amide bonds. The zero-order valence-corrected chi connectivity index (χ0v) is 13.0. The van der Waals surface area contributed by atoms with E-state index in [1.165, 1.54) is 12.1 Å². The van der Waals surface area contributed by atoms with E-state index < -0.39 is 5.97 Å². The van der Waals surface area contributed by atoms with Gasteiger partial charge in [-0.3, -0.25) is 4.79 Å². The second kappa shape index (κ2) is 6.80. The molecule has 2 aromatic rings. The molecule has 0 spiro atoms. The molecule has 2 N–H and O–H groups in total. The number of rotatable bonds is 5. The van der Waals surface area contributed by atoms with Gasteiger partial charge in [0.05, 0.1) is 18.1 Å². The monoisotopic (exact) mass is 333 g/mol. The molecule has 0 aliphatic carbocycles. The Balaban J connectivity index is 1.60. The molecule has 120 valence electrons. The maximum absolute atomic E-state index is 12.1. The van der Waals surface area contributed by atoms with Crippen molar-refractivity contribution in [3.8, 4) is 5.75 Å². The number of thiophene rings is 1. The first-order valence-corrected chi connectivity index (χ1v) is 7.92. The summed E-state index contributed by atoms with van der Waals surface area (Å²) in [6, 6.07) is 9.98. The third-order valence-electron chi connectivity index (χ3n) is 3.34. The first-order chi connectivity index (χ1) is 11.1. The molecule has 1 aliphatic rings. The fraction of sp³-hybridized carbons (Fsp3) is 0.250. The van der Waals surface area contributed by atoms with Crippen LogP contribution in [0.25, 0.3) is 0 Å². The van der Waals surface area contributed by atoms with Gasteiger partial charge in [0.25, 0.3) is 5.91 Å². The fourth-order valence-electron chi connectivity index (χ4n) is 2.18. The van der Waals surface area contributed by atoms with Gasteiger partial charge in [-0.05, 0) is 36.4 Å². The average Bonchev–Trinajstić information content (AvgIpc) is 3.20. The Bertz CT molecular complexity index is 704. The quantitative estimate of drug-likeness (QED) is 0.879. The first-order valence-electron chi connectivity index (χ1n) is 7.11. The molecule has 1 saturated heterocycles. The minimum Gasteiger partial charge on any atom is -0.488 e. The summed E-state index contributed by atoms with van der Waals surface area (Å²) in [5.41, 5.74) is 0.621. The Morgan fingerprint density at radius 3 is 2.52 bits per heavy atom. The molecule has 1 aromatic carbocycles. The van der Waals surface area contributed by atoms with Crippen LogP contribution in [0.3, 0.4) is 0 Å². The molecule has 1 fully saturated rings. The summed E-state index contributed by atoms with van der Waals surface area (Å²) in [7, 11) is 0. The topological polar surface area (TPSA) is 84.9 Å². The number of carboxylic acids is 1. The average molecular weight is 333 g/mol. The molecular weight excluding hydrogens is 318 g/mol. The van der Waals surface area contributed by atoms with Crippen LogP contribution in [0.5, 0.6) is 5.75 Å². The van der Waals surface area contributed by atoms with Crippen LogP contribution in [0, 0.1) is 0 Å². The third-order valence-corrected chi connectivity index (χ3v) is 4.42. The lowest BCUT2D eigenvalue weighted by Crippen LogP contribution is -2.15. The van der Waals surface area contributed by atoms with Crippen LogP contribution in [0.15, 0.2) is 36.4 Å². The van der Waals surface area contributed by atoms with Crippen molar-refractivity contribution in [3.63, 3.8) is 0 Å². The Morgan fingerprint density at radius 1 is 1.17 bits per heavy atom. The number of benzene rings is 1. The Kier molecular flexibility index (Phi) is 4.59. The number of carbonyl (C=O) groups excluding carboxylic acids is 1. The molecule has 3 rings (SSSR count). The van der Waals surface area contributed by atoms with E-state index in [0.717, 1.165) is 30.1 Å². The fourth-order valence-corrected chi connectivity index (χ4v) is 2.92. The number of amides is 1. The zero-order valence-electron chi connectivity index (χ0n) is 12.2. The second-order valence-corrected chi connectivity index (χ2v) is 6.13. The molecule has 0 bridgehead atoms. The number of carboxylic acid groups (broad SMARTS) is 1. The largest absolute Gasteiger partial charge is 0.488 e. The second-order valence-electron chi connectivity index (χ2n) is 5.05. The van der Waals surface area contributed by atoms with Gasteiger partial charge in [0, 0.05) is 12.1 Å². The van der Waals surface area contributed by atoms with Gasteiger partial charge in [-0.15, -0.1) is 11.3 Å². The highest BCUT2D eigenvalue weighted by Crippen LogP contribution is 2.21. The van der Waals surface area contributed by atoms with Crippen LogP contribution in [-0.4, -0.2) is 36.3 Å². The van der Waals surface area contributed by atoms with Crippen LogP contribution in [0.1, 0.15) is 25.8 Å². The van der Waals surface area contributed by atoms with Gasteiger partial charge in [0.2, 0.25) is 0 Å². The number of anilines is 1. The summed E-state index contributed by atoms with van der Waals surface area (Å²) in [4.78, 5) is 23.4. The lowest BCUT2D eigenvalue weighted by atomic mass is 10.2. The number of aromatic carboxylic acids is 1. The van der Waals surface area contributed by atoms with Crippen LogP contribution in [0.4, 0.5) is 5.69 Å². The number of hydrogen-bond acceptors (Lipinski definition) is 5. The summed E-state index contributed by atoms with van der Waals surface area (Å²) in [6.45, 7) is 1.32. The van der Waals surface area contributed by atoms with Crippen LogP contribution < -0.4 is 10.1 Å². The molecule has 1 unspecified atom stereocenters. The van der Waals surface area contributed by atoms with Gasteiger partial charge in [0.15, 0.2) is 0 Å². The smallest absolute Gasteiger partial charge is 0.345 e. The van der Waals surface area contributed by atoms with Crippen molar-refractivity contribution in [3.05, 3.63) is 46.2 Å². The standard InChI is InChI=1S/C16H15NO5S/c18-15(13-5-6-14(23-13)16(19)20)17-10-1-3-11(4-2-10)22-12-7-8-21-9-12/h1-6,12H,7-9H2,(H,17,18)(H,19,20). The molecule has 1 atom stereocenters. The maximum atomic E-state index is 12.1. The number of nitrogens with one attached hydrogen (secondary N) is 1. The van der Waals surface area contributed by atoms with Crippen LogP contribution in [-0.2, 0) is 4.74 Å². The zero-order chi connectivity index (χ0) is 16.2. The van der Waals surface area contributed by atoms with Crippen molar-refractivity contribution in [2.45, 2.75) is 12.5 Å². The molecule has 7 heteroatoms. The van der Waals surface area contributed by atoms with Crippen molar-refractivity contribution in [1.82, 2.24) is 0 Å². The molecule has 23 heavy (non-hydrogen) atoms. The minimum absolute atomic E-state index is 0.0796. The SMILES string of the molecule is O=C(O)c1ccc(C(=O)Nc2ccc(OC3CCOC3)cc2)s1. The van der Waals surface area contributed by atoms with Gasteiger partial charge < -0.3 is 19.9 Å². The lowest BCUT2D eigenvalue weighted by molar-refractivity contribution is 0.0702.